The predicted octanol–water partition coefficient (Wildman–Crippen LogP) is 5.37. The highest BCUT2D eigenvalue weighted by molar-refractivity contribution is 9.10. The Hall–Kier alpha value is -0.250. The van der Waals surface area contributed by atoms with Crippen molar-refractivity contribution in [1.82, 2.24) is 0 Å². The third-order valence-electron chi connectivity index (χ3n) is 2.23. The maximum Gasteiger partial charge on any atom is 0.193 e. The zero-order valence-corrected chi connectivity index (χ0v) is 12.2. The molecule has 0 spiro atoms. The highest BCUT2D eigenvalue weighted by Crippen LogP contribution is 2.30. The Kier molecular flexibility index (Phi) is 4.11. The molecule has 1 unspecified atom stereocenters. The van der Waals surface area contributed by atoms with Crippen molar-refractivity contribution in [3.8, 4) is 0 Å². The Bertz CT molecular complexity index is 464. The smallest absolute Gasteiger partial charge is 0.193 e. The van der Waals surface area contributed by atoms with E-state index in [0.29, 0.717) is 5.22 Å². The largest absolute Gasteiger partial charge is 0.449 e. The minimum Gasteiger partial charge on any atom is -0.449 e. The topological polar surface area (TPSA) is 13.1 Å². The molecule has 0 fully saturated rings. The Morgan fingerprint density at radius 1 is 1.12 bits per heavy atom. The highest BCUT2D eigenvalue weighted by atomic mass is 79.9. The molecule has 0 N–H and O–H groups in total. The second-order valence-corrected chi connectivity index (χ2v) is 5.83. The number of halogens is 3. The van der Waals surface area contributed by atoms with Crippen LogP contribution in [0.1, 0.15) is 16.2 Å². The molecule has 0 aliphatic carbocycles. The Labute approximate surface area is 116 Å². The number of alkyl halides is 1. The Morgan fingerprint density at radius 2 is 1.81 bits per heavy atom. The first kappa shape index (κ1) is 12.2. The van der Waals surface area contributed by atoms with Gasteiger partial charge in [0.05, 0.1) is 4.83 Å². The second-order valence-electron chi connectivity index (χ2n) is 3.44. The summed E-state index contributed by atoms with van der Waals surface area (Å²) >= 11 is 12.7. The van der Waals surface area contributed by atoms with Gasteiger partial charge in [0.15, 0.2) is 5.22 Å². The summed E-state index contributed by atoms with van der Waals surface area (Å²) in [5, 5.41) is 0.426. The number of hydrogen-bond acceptors (Lipinski definition) is 1. The van der Waals surface area contributed by atoms with Crippen LogP contribution in [0.15, 0.2) is 45.3 Å². The van der Waals surface area contributed by atoms with Crippen LogP contribution in [-0.4, -0.2) is 0 Å². The molecule has 0 saturated carbocycles. The molecule has 1 aromatic carbocycles. The summed E-state index contributed by atoms with van der Waals surface area (Å²) in [6.45, 7) is 0. The van der Waals surface area contributed by atoms with Crippen molar-refractivity contribution in [1.29, 1.82) is 0 Å². The summed E-state index contributed by atoms with van der Waals surface area (Å²) in [7, 11) is 0. The van der Waals surface area contributed by atoms with Crippen molar-refractivity contribution in [2.45, 2.75) is 11.2 Å². The molecular weight excluding hydrogens is 355 g/mol. The van der Waals surface area contributed by atoms with Crippen LogP contribution in [-0.2, 0) is 6.42 Å². The average molecular weight is 364 g/mol. The van der Waals surface area contributed by atoms with E-state index in [4.69, 9.17) is 16.0 Å². The molecule has 2 rings (SSSR count). The van der Waals surface area contributed by atoms with Crippen LogP contribution < -0.4 is 0 Å². The molecular formula is C12H9Br2ClO. The summed E-state index contributed by atoms with van der Waals surface area (Å²) in [5.41, 5.74) is 1.25. The van der Waals surface area contributed by atoms with Crippen LogP contribution in [0.2, 0.25) is 5.22 Å². The van der Waals surface area contributed by atoms with Crippen LogP contribution >= 0.6 is 43.5 Å². The third kappa shape index (κ3) is 3.12. The molecule has 0 radical (unpaired) electrons. The molecule has 0 aliphatic rings. The van der Waals surface area contributed by atoms with Crippen molar-refractivity contribution in [2.24, 2.45) is 0 Å². The van der Waals surface area contributed by atoms with Gasteiger partial charge in [-0.05, 0) is 47.9 Å². The fourth-order valence-corrected chi connectivity index (χ4v) is 2.46. The zero-order chi connectivity index (χ0) is 11.5. The molecule has 2 aromatic rings. The minimum absolute atomic E-state index is 0.154. The van der Waals surface area contributed by atoms with Crippen LogP contribution in [0, 0.1) is 0 Å². The number of hydrogen-bond donors (Lipinski definition) is 0. The van der Waals surface area contributed by atoms with Crippen LogP contribution in [0.5, 0.6) is 0 Å². The van der Waals surface area contributed by atoms with E-state index in [2.05, 4.69) is 44.0 Å². The van der Waals surface area contributed by atoms with Crippen molar-refractivity contribution in [3.63, 3.8) is 0 Å². The first-order chi connectivity index (χ1) is 7.65. The Balaban J connectivity index is 2.07. The van der Waals surface area contributed by atoms with E-state index in [1.165, 1.54) is 5.56 Å². The molecule has 84 valence electrons. The highest BCUT2D eigenvalue weighted by Gasteiger charge is 2.12. The minimum atomic E-state index is 0.154. The van der Waals surface area contributed by atoms with Gasteiger partial charge in [-0.2, -0.15) is 0 Å². The third-order valence-corrected chi connectivity index (χ3v) is 3.74. The number of benzene rings is 1. The summed E-state index contributed by atoms with van der Waals surface area (Å²) in [6.07, 6.45) is 0.872. The predicted molar refractivity (Wildman–Crippen MR) is 73.2 cm³/mol. The standard InChI is InChI=1S/C12H9Br2ClO/c13-9-3-1-8(2-4-9)7-10(14)11-5-6-12(15)16-11/h1-6,10H,7H2. The molecule has 4 heteroatoms. The average Bonchev–Trinajstić information content (AvgIpc) is 2.68. The van der Waals surface area contributed by atoms with Crippen molar-refractivity contribution >= 4 is 43.5 Å². The molecule has 1 heterocycles. The SMILES string of the molecule is Clc1ccc(C(Br)Cc2ccc(Br)cc2)o1. The van der Waals surface area contributed by atoms with E-state index in [1.807, 2.05) is 18.2 Å². The van der Waals surface area contributed by atoms with Gasteiger partial charge in [0, 0.05) is 4.47 Å². The molecule has 1 atom stereocenters. The monoisotopic (exact) mass is 362 g/mol. The zero-order valence-electron chi connectivity index (χ0n) is 8.29. The number of rotatable bonds is 3. The quantitative estimate of drug-likeness (QED) is 0.667. The van der Waals surface area contributed by atoms with Gasteiger partial charge in [-0.25, -0.2) is 0 Å². The molecule has 0 aliphatic heterocycles. The van der Waals surface area contributed by atoms with Gasteiger partial charge in [-0.15, -0.1) is 0 Å². The van der Waals surface area contributed by atoms with E-state index in [0.717, 1.165) is 16.7 Å². The van der Waals surface area contributed by atoms with Gasteiger partial charge >= 0.3 is 0 Å². The van der Waals surface area contributed by atoms with E-state index in [1.54, 1.807) is 6.07 Å². The van der Waals surface area contributed by atoms with Crippen molar-refractivity contribution in [2.75, 3.05) is 0 Å². The first-order valence-corrected chi connectivity index (χ1v) is 6.87. The van der Waals surface area contributed by atoms with Crippen molar-refractivity contribution in [3.05, 3.63) is 57.4 Å². The van der Waals surface area contributed by atoms with Gasteiger partial charge in [0.2, 0.25) is 0 Å². The second kappa shape index (κ2) is 5.39. The fraction of sp³-hybridized carbons (Fsp3) is 0.167. The van der Waals surface area contributed by atoms with Crippen LogP contribution in [0.4, 0.5) is 0 Å². The summed E-state index contributed by atoms with van der Waals surface area (Å²) in [5.74, 6) is 0.855. The van der Waals surface area contributed by atoms with E-state index >= 15 is 0 Å². The van der Waals surface area contributed by atoms with Crippen LogP contribution in [0.25, 0.3) is 0 Å². The summed E-state index contributed by atoms with van der Waals surface area (Å²) < 4.78 is 6.44. The molecule has 16 heavy (non-hydrogen) atoms. The lowest BCUT2D eigenvalue weighted by Gasteiger charge is -2.06. The first-order valence-electron chi connectivity index (χ1n) is 4.79. The molecule has 0 amide bonds. The Morgan fingerprint density at radius 3 is 2.38 bits per heavy atom. The van der Waals surface area contributed by atoms with Gasteiger partial charge in [-0.3, -0.25) is 0 Å². The lowest BCUT2D eigenvalue weighted by molar-refractivity contribution is 0.509. The number of furan rings is 1. The lowest BCUT2D eigenvalue weighted by Crippen LogP contribution is -1.93. The van der Waals surface area contributed by atoms with E-state index in [-0.39, 0.29) is 4.83 Å². The molecule has 0 bridgehead atoms. The maximum atomic E-state index is 5.73. The summed E-state index contributed by atoms with van der Waals surface area (Å²) in [6, 6.07) is 11.9. The van der Waals surface area contributed by atoms with Gasteiger partial charge in [0.25, 0.3) is 0 Å². The fourth-order valence-electron chi connectivity index (χ4n) is 1.42. The summed E-state index contributed by atoms with van der Waals surface area (Å²) in [4.78, 5) is 0.154. The van der Waals surface area contributed by atoms with Gasteiger partial charge in [0.1, 0.15) is 5.76 Å². The molecule has 0 saturated heterocycles. The normalized spacial score (nSPS) is 12.7. The van der Waals surface area contributed by atoms with Gasteiger partial charge in [-0.1, -0.05) is 44.0 Å². The molecule has 1 nitrogen and oxygen atoms in total. The maximum absolute atomic E-state index is 5.73. The van der Waals surface area contributed by atoms with Crippen LogP contribution in [0.3, 0.4) is 0 Å². The lowest BCUT2D eigenvalue weighted by atomic mass is 10.1. The van der Waals surface area contributed by atoms with E-state index < -0.39 is 0 Å². The van der Waals surface area contributed by atoms with Crippen molar-refractivity contribution < 1.29 is 4.42 Å². The molecule has 1 aromatic heterocycles. The van der Waals surface area contributed by atoms with E-state index in [9.17, 15) is 0 Å². The van der Waals surface area contributed by atoms with Gasteiger partial charge < -0.3 is 4.42 Å².